The molecule has 4 aromatic rings. The fourth-order valence-electron chi connectivity index (χ4n) is 10.9. The maximum Gasteiger partial charge on any atom is 0.389 e. The van der Waals surface area contributed by atoms with Gasteiger partial charge < -0.3 is 50.5 Å². The van der Waals surface area contributed by atoms with Crippen LogP contribution in [0.3, 0.4) is 0 Å². The van der Waals surface area contributed by atoms with Crippen LogP contribution in [0.15, 0.2) is 60.7 Å². The number of halogens is 6. The molecule has 4 atom stereocenters. The summed E-state index contributed by atoms with van der Waals surface area (Å²) in [5, 5.41) is 12.6. The zero-order valence-electron chi connectivity index (χ0n) is 45.5. The van der Waals surface area contributed by atoms with Crippen LogP contribution in [0.4, 0.5) is 70.6 Å². The number of hydrogen-bond acceptors (Lipinski definition) is 12. The predicted molar refractivity (Wildman–Crippen MR) is 293 cm³/mol. The molecule has 438 valence electrons. The molecule has 6 aliphatic rings. The Bertz CT molecular complexity index is 2710. The first kappa shape index (κ1) is 59.9. The van der Waals surface area contributed by atoms with Gasteiger partial charge in [0.1, 0.15) is 23.3 Å². The number of aryl methyl sites for hydroxylation is 2. The number of carboxylic acid groups (broad SMARTS) is 1. The lowest BCUT2D eigenvalue weighted by atomic mass is 10.00. The van der Waals surface area contributed by atoms with Crippen LogP contribution < -0.4 is 36.0 Å². The smallest absolute Gasteiger partial charge is 0.389 e. The number of aromatic nitrogens is 2. The lowest BCUT2D eigenvalue weighted by Crippen LogP contribution is -2.38. The summed E-state index contributed by atoms with van der Waals surface area (Å²) in [5.41, 5.74) is 12.4. The van der Waals surface area contributed by atoms with Gasteiger partial charge >= 0.3 is 24.4 Å². The Morgan fingerprint density at radius 1 is 0.617 bits per heavy atom. The van der Waals surface area contributed by atoms with Crippen LogP contribution in [0.2, 0.25) is 0 Å². The number of ether oxygens (including phenoxy) is 2. The molecule has 6 saturated heterocycles. The van der Waals surface area contributed by atoms with Crippen LogP contribution in [0, 0.1) is 31.6 Å². The number of pyridine rings is 2. The second-order valence-electron chi connectivity index (χ2n) is 21.3. The molecule has 2 aromatic heterocycles. The SMILES string of the molecule is Cc1ccc(NC(=O)N2CC[C@@H](CC(F)(F)F)C2)cc1-c1cc(N2CCOCC2)nc(N2CC[C@@H](C)C2=O)c1.Cc1ccc(NC(=O)N2CC[C@@H](CC(F)(F)F)C2)cc1-c1cc(N2CCOCC2)nc(N2CC[C@@H](N)C2=O)c1.O=CO. The number of likely N-dealkylation sites (tertiary alicyclic amines) is 2. The number of anilines is 6. The van der Waals surface area contributed by atoms with Crippen LogP contribution in [0.25, 0.3) is 22.3 Å². The minimum atomic E-state index is -4.24. The van der Waals surface area contributed by atoms with Crippen molar-refractivity contribution in [1.82, 2.24) is 19.8 Å². The molecule has 81 heavy (non-hydrogen) atoms. The second-order valence-corrected chi connectivity index (χ2v) is 21.3. The quantitative estimate of drug-likeness (QED) is 0.0866. The molecule has 0 unspecified atom stereocenters. The van der Waals surface area contributed by atoms with Gasteiger partial charge in [-0.05, 0) is 133 Å². The number of benzene rings is 2. The third kappa shape index (κ3) is 15.6. The molecule has 0 aliphatic carbocycles. The van der Waals surface area contributed by atoms with Crippen LogP contribution in [-0.2, 0) is 23.9 Å². The second kappa shape index (κ2) is 26.1. The average molecular weight is 1140 g/mol. The fourth-order valence-corrected chi connectivity index (χ4v) is 10.9. The Hall–Kier alpha value is -7.25. The highest BCUT2D eigenvalue weighted by Gasteiger charge is 2.39. The Balaban J connectivity index is 0.000000203. The normalized spacial score (nSPS) is 21.4. The van der Waals surface area contributed by atoms with Gasteiger partial charge in [0.2, 0.25) is 11.8 Å². The molecule has 19 nitrogen and oxygen atoms in total. The lowest BCUT2D eigenvalue weighted by Gasteiger charge is -2.29. The summed E-state index contributed by atoms with van der Waals surface area (Å²) in [5.74, 6) is 1.29. The number of nitrogens with two attached hydrogens (primary N) is 1. The van der Waals surface area contributed by atoms with Crippen molar-refractivity contribution >= 4 is 65.0 Å². The minimum Gasteiger partial charge on any atom is -0.483 e. The largest absolute Gasteiger partial charge is 0.483 e. The van der Waals surface area contributed by atoms with E-state index in [1.54, 1.807) is 21.9 Å². The maximum absolute atomic E-state index is 12.9. The number of amides is 6. The molecule has 25 heteroatoms. The molecule has 2 aromatic carbocycles. The molecular formula is C56H69F6N11O8. The molecule has 0 radical (unpaired) electrons. The number of carbonyl (C=O) groups excluding carboxylic acids is 4. The summed E-state index contributed by atoms with van der Waals surface area (Å²) in [4.78, 5) is 79.8. The van der Waals surface area contributed by atoms with Crippen molar-refractivity contribution in [1.29, 1.82) is 0 Å². The zero-order valence-corrected chi connectivity index (χ0v) is 45.5. The van der Waals surface area contributed by atoms with Gasteiger partial charge in [-0.1, -0.05) is 19.1 Å². The van der Waals surface area contributed by atoms with Crippen LogP contribution >= 0.6 is 0 Å². The van der Waals surface area contributed by atoms with Gasteiger partial charge in [-0.25, -0.2) is 19.6 Å². The molecule has 10 rings (SSSR count). The van der Waals surface area contributed by atoms with E-state index in [1.807, 2.05) is 69.3 Å². The Labute approximate surface area is 465 Å². The van der Waals surface area contributed by atoms with Gasteiger partial charge in [0, 0.05) is 95.6 Å². The van der Waals surface area contributed by atoms with Gasteiger partial charge in [-0.2, -0.15) is 26.3 Å². The van der Waals surface area contributed by atoms with E-state index in [1.165, 1.54) is 9.80 Å². The summed E-state index contributed by atoms with van der Waals surface area (Å²) in [6, 6.07) is 17.4. The summed E-state index contributed by atoms with van der Waals surface area (Å²) < 4.78 is 87.7. The minimum absolute atomic E-state index is 0.0520. The number of rotatable bonds is 10. The standard InChI is InChI=1S/C28H34F3N5O3.C27H33F3N6O3.CH2O2/c1-18-3-4-22(32-27(38)35-7-6-20(17-35)16-28(29,30)31)15-23(18)21-13-24(34-9-11-39-12-10-34)33-25(14-21)36-8-5-19(2)26(36)37;1-17-2-3-20(32-26(38)35-6-4-18(16-35)15-27(28,29)30)14-21(17)19-12-23(34-8-10-39-11-9-34)33-24(13-19)36-7-5-22(31)25(36)37;2-1-3/h3-4,13-15,19-20H,5-12,16-17H2,1-2H3,(H,32,38);2-3,12-14,18,22H,4-11,15-16,31H2,1H3,(H,32,38);1H,(H,2,3)/t19-,20+;18-,22+;/m10./s1. The molecule has 0 bridgehead atoms. The first-order valence-corrected chi connectivity index (χ1v) is 27.2. The monoisotopic (exact) mass is 1140 g/mol. The van der Waals surface area contributed by atoms with Crippen LogP contribution in [0.5, 0.6) is 0 Å². The van der Waals surface area contributed by atoms with Gasteiger partial charge in [0.15, 0.2) is 0 Å². The molecule has 0 saturated carbocycles. The van der Waals surface area contributed by atoms with Crippen molar-refractivity contribution in [2.75, 3.05) is 122 Å². The third-order valence-electron chi connectivity index (χ3n) is 15.3. The van der Waals surface area contributed by atoms with Crippen LogP contribution in [0.1, 0.15) is 56.6 Å². The number of morpholine rings is 2. The Kier molecular flexibility index (Phi) is 19.3. The summed E-state index contributed by atoms with van der Waals surface area (Å²) >= 11 is 0. The van der Waals surface area contributed by atoms with Gasteiger partial charge in [-0.3, -0.25) is 24.2 Å². The molecular weight excluding hydrogens is 1070 g/mol. The van der Waals surface area contributed by atoms with Crippen molar-refractivity contribution in [2.45, 2.75) is 77.7 Å². The summed E-state index contributed by atoms with van der Waals surface area (Å²) in [7, 11) is 0. The van der Waals surface area contributed by atoms with E-state index in [9.17, 15) is 45.5 Å². The van der Waals surface area contributed by atoms with Crippen molar-refractivity contribution in [3.8, 4) is 22.3 Å². The maximum atomic E-state index is 12.9. The number of nitrogens with one attached hydrogen (secondary N) is 2. The fraction of sp³-hybridized carbons (Fsp3) is 0.518. The first-order chi connectivity index (χ1) is 38.6. The van der Waals surface area contributed by atoms with E-state index in [0.717, 1.165) is 51.4 Å². The van der Waals surface area contributed by atoms with Gasteiger partial charge in [0.05, 0.1) is 32.5 Å². The number of urea groups is 2. The lowest BCUT2D eigenvalue weighted by molar-refractivity contribution is -0.144. The molecule has 0 spiro atoms. The van der Waals surface area contributed by atoms with E-state index in [4.69, 9.17) is 35.1 Å². The predicted octanol–water partition coefficient (Wildman–Crippen LogP) is 8.54. The van der Waals surface area contributed by atoms with Crippen molar-refractivity contribution in [3.63, 3.8) is 0 Å². The van der Waals surface area contributed by atoms with Crippen molar-refractivity contribution < 1.29 is 64.9 Å². The van der Waals surface area contributed by atoms with Crippen molar-refractivity contribution in [2.24, 2.45) is 23.5 Å². The first-order valence-electron chi connectivity index (χ1n) is 27.2. The topological polar surface area (TPSA) is 219 Å². The van der Waals surface area contributed by atoms with E-state index in [-0.39, 0.29) is 43.8 Å². The molecule has 6 aliphatic heterocycles. The Morgan fingerprint density at radius 3 is 1.38 bits per heavy atom. The summed E-state index contributed by atoms with van der Waals surface area (Å²) in [6.45, 7) is 12.5. The Morgan fingerprint density at radius 2 is 1.01 bits per heavy atom. The zero-order chi connectivity index (χ0) is 58.2. The average Bonchev–Trinajstić information content (AvgIpc) is 4.33. The molecule has 6 amide bonds. The molecule has 6 fully saturated rings. The van der Waals surface area contributed by atoms with Crippen molar-refractivity contribution in [3.05, 3.63) is 71.8 Å². The van der Waals surface area contributed by atoms with Crippen LogP contribution in [-0.4, -0.2) is 165 Å². The third-order valence-corrected chi connectivity index (χ3v) is 15.3. The van der Waals surface area contributed by atoms with E-state index < -0.39 is 55.1 Å². The van der Waals surface area contributed by atoms with E-state index >= 15 is 0 Å². The number of nitrogens with zero attached hydrogens (tertiary/aromatic N) is 8. The van der Waals surface area contributed by atoms with Gasteiger partial charge in [-0.15, -0.1) is 0 Å². The molecule has 5 N–H and O–H groups in total. The molecule has 8 heterocycles. The number of hydrogen-bond donors (Lipinski definition) is 4. The van der Waals surface area contributed by atoms with E-state index in [2.05, 4.69) is 20.4 Å². The number of carbonyl (C=O) groups is 5. The highest BCUT2D eigenvalue weighted by atomic mass is 19.4. The van der Waals surface area contributed by atoms with E-state index in [0.29, 0.717) is 115 Å². The van der Waals surface area contributed by atoms with Gasteiger partial charge in [0.25, 0.3) is 6.47 Å². The highest BCUT2D eigenvalue weighted by molar-refractivity contribution is 6.00. The highest BCUT2D eigenvalue weighted by Crippen LogP contribution is 2.38. The number of alkyl halides is 6. The summed E-state index contributed by atoms with van der Waals surface area (Å²) in [6.07, 6.45) is -8.23.